The lowest BCUT2D eigenvalue weighted by atomic mass is 9.95. The molecular weight excluding hydrogens is 310 g/mol. The van der Waals surface area contributed by atoms with Gasteiger partial charge in [-0.15, -0.1) is 0 Å². The maximum atomic E-state index is 12.2. The molecule has 2 N–H and O–H groups in total. The summed E-state index contributed by atoms with van der Waals surface area (Å²) in [4.78, 5) is 23.4. The first-order valence-electron chi connectivity index (χ1n) is 6.94. The highest BCUT2D eigenvalue weighted by Crippen LogP contribution is 2.29. The molecular formula is C15H18ClNO5. The Hall–Kier alpha value is -1.79. The van der Waals surface area contributed by atoms with E-state index >= 15 is 0 Å². The summed E-state index contributed by atoms with van der Waals surface area (Å²) in [6.45, 7) is 0.480. The maximum Gasteiger partial charge on any atom is 0.326 e. The number of carbonyl (C=O) groups excluding carboxylic acids is 1. The van der Waals surface area contributed by atoms with E-state index in [9.17, 15) is 9.59 Å². The summed E-state index contributed by atoms with van der Waals surface area (Å²) in [5.41, 5.74) is 0.850. The summed E-state index contributed by atoms with van der Waals surface area (Å²) in [6.07, 6.45) is 0.686. The smallest absolute Gasteiger partial charge is 0.326 e. The molecule has 0 saturated carbocycles. The highest BCUT2D eigenvalue weighted by molar-refractivity contribution is 6.30. The summed E-state index contributed by atoms with van der Waals surface area (Å²) < 4.78 is 10.4. The van der Waals surface area contributed by atoms with Crippen LogP contribution < -0.4 is 10.1 Å². The number of rotatable bonds is 6. The SMILES string of the molecule is COCCC(NC(=O)C1COc2ccc(Cl)cc2C1)C(=O)O. The van der Waals surface area contributed by atoms with Gasteiger partial charge in [0.15, 0.2) is 0 Å². The highest BCUT2D eigenvalue weighted by Gasteiger charge is 2.29. The van der Waals surface area contributed by atoms with Crippen LogP contribution in [0.5, 0.6) is 5.75 Å². The Kier molecular flexibility index (Phi) is 5.63. The van der Waals surface area contributed by atoms with Gasteiger partial charge < -0.3 is 19.9 Å². The number of halogens is 1. The predicted octanol–water partition coefficient (Wildman–Crippen LogP) is 1.50. The van der Waals surface area contributed by atoms with Crippen LogP contribution in [0.2, 0.25) is 5.02 Å². The molecule has 1 heterocycles. The predicted molar refractivity (Wildman–Crippen MR) is 80.2 cm³/mol. The third-order valence-electron chi connectivity index (χ3n) is 3.52. The molecule has 0 aliphatic carbocycles. The van der Waals surface area contributed by atoms with E-state index in [0.29, 0.717) is 17.2 Å². The van der Waals surface area contributed by atoms with Crippen molar-refractivity contribution >= 4 is 23.5 Å². The lowest BCUT2D eigenvalue weighted by molar-refractivity contribution is -0.143. The molecule has 0 spiro atoms. The Balaban J connectivity index is 2.00. The van der Waals surface area contributed by atoms with Crippen molar-refractivity contribution in [2.45, 2.75) is 18.9 Å². The normalized spacial score (nSPS) is 18.0. The molecule has 0 radical (unpaired) electrons. The van der Waals surface area contributed by atoms with Gasteiger partial charge >= 0.3 is 5.97 Å². The average molecular weight is 328 g/mol. The Morgan fingerprint density at radius 3 is 3.00 bits per heavy atom. The Morgan fingerprint density at radius 1 is 1.55 bits per heavy atom. The van der Waals surface area contributed by atoms with Gasteiger partial charge in [0.25, 0.3) is 0 Å². The molecule has 120 valence electrons. The second-order valence-electron chi connectivity index (χ2n) is 5.14. The van der Waals surface area contributed by atoms with Gasteiger partial charge in [-0.2, -0.15) is 0 Å². The van der Waals surface area contributed by atoms with Crippen molar-refractivity contribution < 1.29 is 24.2 Å². The van der Waals surface area contributed by atoms with Crippen molar-refractivity contribution in [1.82, 2.24) is 5.32 Å². The molecule has 7 heteroatoms. The van der Waals surface area contributed by atoms with Gasteiger partial charge in [-0.05, 0) is 30.2 Å². The topological polar surface area (TPSA) is 84.9 Å². The highest BCUT2D eigenvalue weighted by atomic mass is 35.5. The number of amides is 1. The number of nitrogens with one attached hydrogen (secondary N) is 1. The van der Waals surface area contributed by atoms with Crippen LogP contribution in [0.1, 0.15) is 12.0 Å². The van der Waals surface area contributed by atoms with Crippen LogP contribution in [-0.4, -0.2) is 43.3 Å². The van der Waals surface area contributed by atoms with E-state index < -0.39 is 17.9 Å². The van der Waals surface area contributed by atoms with Crippen molar-refractivity contribution in [3.8, 4) is 5.75 Å². The molecule has 1 aromatic rings. The van der Waals surface area contributed by atoms with Crippen molar-refractivity contribution in [3.63, 3.8) is 0 Å². The molecule has 1 amide bonds. The standard InChI is InChI=1S/C15H18ClNO5/c1-21-5-4-12(15(19)20)17-14(18)10-6-9-7-11(16)2-3-13(9)22-8-10/h2-3,7,10,12H,4-6,8H2,1H3,(H,17,18)(H,19,20). The molecule has 1 aromatic carbocycles. The fourth-order valence-corrected chi connectivity index (χ4v) is 2.51. The molecule has 6 nitrogen and oxygen atoms in total. The number of hydrogen-bond acceptors (Lipinski definition) is 4. The quantitative estimate of drug-likeness (QED) is 0.827. The number of carbonyl (C=O) groups is 2. The first kappa shape index (κ1) is 16.6. The van der Waals surface area contributed by atoms with Gasteiger partial charge in [0.2, 0.25) is 5.91 Å². The van der Waals surface area contributed by atoms with E-state index in [1.165, 1.54) is 7.11 Å². The summed E-state index contributed by atoms with van der Waals surface area (Å²) in [5, 5.41) is 12.2. The third kappa shape index (κ3) is 4.11. The van der Waals surface area contributed by atoms with Gasteiger partial charge in [-0.1, -0.05) is 11.6 Å². The molecule has 1 aliphatic rings. The van der Waals surface area contributed by atoms with Gasteiger partial charge in [0, 0.05) is 25.2 Å². The van der Waals surface area contributed by atoms with Crippen molar-refractivity contribution in [3.05, 3.63) is 28.8 Å². The fourth-order valence-electron chi connectivity index (χ4n) is 2.31. The number of fused-ring (bicyclic) bond motifs is 1. The van der Waals surface area contributed by atoms with Gasteiger partial charge in [0.1, 0.15) is 18.4 Å². The number of methoxy groups -OCH3 is 1. The fraction of sp³-hybridized carbons (Fsp3) is 0.467. The minimum absolute atomic E-state index is 0.216. The second kappa shape index (κ2) is 7.47. The van der Waals surface area contributed by atoms with Crippen LogP contribution >= 0.6 is 11.6 Å². The van der Waals surface area contributed by atoms with E-state index in [-0.39, 0.29) is 25.5 Å². The number of ether oxygens (including phenoxy) is 2. The van der Waals surface area contributed by atoms with E-state index in [0.717, 1.165) is 5.56 Å². The van der Waals surface area contributed by atoms with Crippen molar-refractivity contribution in [2.24, 2.45) is 5.92 Å². The Morgan fingerprint density at radius 2 is 2.32 bits per heavy atom. The second-order valence-corrected chi connectivity index (χ2v) is 5.58. The molecule has 0 bridgehead atoms. The summed E-state index contributed by atoms with van der Waals surface area (Å²) in [7, 11) is 1.48. The minimum Gasteiger partial charge on any atom is -0.492 e. The van der Waals surface area contributed by atoms with E-state index in [1.807, 2.05) is 0 Å². The number of aliphatic carboxylic acids is 1. The number of hydrogen-bond donors (Lipinski definition) is 2. The number of carboxylic acid groups (broad SMARTS) is 1. The van der Waals surface area contributed by atoms with Crippen molar-refractivity contribution in [1.29, 1.82) is 0 Å². The lowest BCUT2D eigenvalue weighted by Crippen LogP contribution is -2.46. The molecule has 0 aromatic heterocycles. The molecule has 2 unspecified atom stereocenters. The first-order chi connectivity index (χ1) is 10.5. The zero-order valence-electron chi connectivity index (χ0n) is 12.2. The number of carboxylic acids is 1. The average Bonchev–Trinajstić information content (AvgIpc) is 2.50. The van der Waals surface area contributed by atoms with Crippen LogP contribution in [0.15, 0.2) is 18.2 Å². The molecule has 22 heavy (non-hydrogen) atoms. The molecule has 0 saturated heterocycles. The molecule has 2 rings (SSSR count). The first-order valence-corrected chi connectivity index (χ1v) is 7.32. The zero-order chi connectivity index (χ0) is 16.1. The van der Waals surface area contributed by atoms with Crippen LogP contribution in [0.4, 0.5) is 0 Å². The largest absolute Gasteiger partial charge is 0.492 e. The summed E-state index contributed by atoms with van der Waals surface area (Å²) >= 11 is 5.94. The summed E-state index contributed by atoms with van der Waals surface area (Å²) in [5.74, 6) is -1.14. The molecule has 2 atom stereocenters. The van der Waals surface area contributed by atoms with E-state index in [2.05, 4.69) is 5.32 Å². The van der Waals surface area contributed by atoms with Gasteiger partial charge in [-0.25, -0.2) is 4.79 Å². The Bertz CT molecular complexity index is 563. The number of benzene rings is 1. The minimum atomic E-state index is -1.08. The monoisotopic (exact) mass is 327 g/mol. The van der Waals surface area contributed by atoms with Crippen molar-refractivity contribution in [2.75, 3.05) is 20.3 Å². The van der Waals surface area contributed by atoms with Crippen LogP contribution in [0.3, 0.4) is 0 Å². The molecule has 1 aliphatic heterocycles. The summed E-state index contributed by atoms with van der Waals surface area (Å²) in [6, 6.07) is 4.29. The zero-order valence-corrected chi connectivity index (χ0v) is 12.9. The van der Waals surface area contributed by atoms with Crippen LogP contribution in [0, 0.1) is 5.92 Å². The lowest BCUT2D eigenvalue weighted by Gasteiger charge is -2.26. The van der Waals surface area contributed by atoms with Crippen LogP contribution in [-0.2, 0) is 20.7 Å². The van der Waals surface area contributed by atoms with Gasteiger partial charge in [0.05, 0.1) is 5.92 Å². The van der Waals surface area contributed by atoms with E-state index in [4.69, 9.17) is 26.2 Å². The van der Waals surface area contributed by atoms with Crippen LogP contribution in [0.25, 0.3) is 0 Å². The third-order valence-corrected chi connectivity index (χ3v) is 3.76. The maximum absolute atomic E-state index is 12.2. The Labute approximate surface area is 133 Å². The molecule has 0 fully saturated rings. The van der Waals surface area contributed by atoms with Gasteiger partial charge in [-0.3, -0.25) is 4.79 Å². The van der Waals surface area contributed by atoms with E-state index in [1.54, 1.807) is 18.2 Å².